The van der Waals surface area contributed by atoms with Crippen LogP contribution in [0.15, 0.2) is 158 Å². The van der Waals surface area contributed by atoms with Crippen molar-refractivity contribution in [3.05, 3.63) is 158 Å². The number of allylic oxidation sites excluding steroid dienone is 26. The lowest BCUT2D eigenvalue weighted by Crippen LogP contribution is -2.30. The van der Waals surface area contributed by atoms with Crippen molar-refractivity contribution in [1.29, 1.82) is 0 Å². The van der Waals surface area contributed by atoms with Gasteiger partial charge in [-0.15, -0.1) is 0 Å². The summed E-state index contributed by atoms with van der Waals surface area (Å²) in [7, 11) is 0. The minimum atomic E-state index is -0.859. The lowest BCUT2D eigenvalue weighted by molar-refractivity contribution is -0.166. The second kappa shape index (κ2) is 61.6. The van der Waals surface area contributed by atoms with Gasteiger partial charge in [0.1, 0.15) is 13.2 Å². The molecule has 0 amide bonds. The van der Waals surface area contributed by atoms with Gasteiger partial charge in [0.2, 0.25) is 0 Å². The van der Waals surface area contributed by atoms with E-state index >= 15 is 0 Å². The lowest BCUT2D eigenvalue weighted by atomic mass is 10.1. The Morgan fingerprint density at radius 1 is 0.280 bits per heavy atom. The molecule has 0 aliphatic rings. The van der Waals surface area contributed by atoms with Crippen molar-refractivity contribution in [2.75, 3.05) is 13.2 Å². The van der Waals surface area contributed by atoms with Crippen LogP contribution in [0.5, 0.6) is 0 Å². The summed E-state index contributed by atoms with van der Waals surface area (Å²) in [6.45, 7) is 6.33. The van der Waals surface area contributed by atoms with Crippen molar-refractivity contribution >= 4 is 17.9 Å². The summed E-state index contributed by atoms with van der Waals surface area (Å²) in [5.41, 5.74) is 0. The molecule has 420 valence electrons. The zero-order valence-electron chi connectivity index (χ0n) is 48.0. The van der Waals surface area contributed by atoms with E-state index in [1.807, 2.05) is 24.3 Å². The maximum absolute atomic E-state index is 12.9. The van der Waals surface area contributed by atoms with Crippen LogP contribution >= 0.6 is 0 Å². The summed E-state index contributed by atoms with van der Waals surface area (Å²) >= 11 is 0. The Balaban J connectivity index is 4.64. The minimum absolute atomic E-state index is 0.140. The summed E-state index contributed by atoms with van der Waals surface area (Å²) in [6.07, 6.45) is 89.7. The lowest BCUT2D eigenvalue weighted by Gasteiger charge is -2.18. The molecule has 0 radical (unpaired) electrons. The van der Waals surface area contributed by atoms with Gasteiger partial charge in [-0.1, -0.05) is 249 Å². The molecule has 0 saturated carbocycles. The predicted octanol–water partition coefficient (Wildman–Crippen LogP) is 20.5. The fraction of sp³-hybridized carbons (Fsp3) is 0.580. The highest BCUT2D eigenvalue weighted by Gasteiger charge is 2.19. The van der Waals surface area contributed by atoms with E-state index in [1.54, 1.807) is 0 Å². The van der Waals surface area contributed by atoms with Crippen molar-refractivity contribution in [3.8, 4) is 0 Å². The standard InChI is InChI=1S/C69H108O6/c1-4-7-10-13-16-19-22-25-28-31-34-37-40-43-46-49-52-55-58-61-67(70)73-64-66(75-69(72)63-60-57-54-51-48-45-42-39-36-33-30-27-24-21-18-15-12-9-6-3)65-74-68(71)62-59-56-53-50-47-44-41-38-35-32-29-26-23-20-17-14-11-8-5-2/h7,10,16-21,25-30,34,36-37,39,43,45-46,48,52,54-55,57,66H,4-6,8-9,11-15,22-24,31-33,35,38,40-42,44,47,49-51,53,56,58-65H2,1-3H3/b10-7-,19-16-,20-17-,21-18-,28-25-,29-26-,30-27-,37-34-,39-36-,46-43-,48-45-,55-52-,57-54-/t66-/m1/s1. The van der Waals surface area contributed by atoms with E-state index < -0.39 is 12.1 Å². The van der Waals surface area contributed by atoms with Crippen LogP contribution in [0, 0.1) is 0 Å². The molecule has 0 bridgehead atoms. The molecule has 0 aromatic rings. The quantitative estimate of drug-likeness (QED) is 0.0261. The molecular formula is C69H108O6. The minimum Gasteiger partial charge on any atom is -0.462 e. The van der Waals surface area contributed by atoms with E-state index in [1.165, 1.54) is 96.3 Å². The van der Waals surface area contributed by atoms with E-state index in [-0.39, 0.29) is 38.0 Å². The maximum Gasteiger partial charge on any atom is 0.306 e. The first-order valence-corrected chi connectivity index (χ1v) is 30.0. The smallest absolute Gasteiger partial charge is 0.306 e. The molecule has 1 atom stereocenters. The van der Waals surface area contributed by atoms with Gasteiger partial charge in [-0.25, -0.2) is 0 Å². The number of esters is 3. The predicted molar refractivity (Wildman–Crippen MR) is 325 cm³/mol. The third-order valence-electron chi connectivity index (χ3n) is 12.0. The molecule has 0 saturated heterocycles. The third kappa shape index (κ3) is 59.8. The molecule has 0 aliphatic carbocycles. The molecule has 0 N–H and O–H groups in total. The highest BCUT2D eigenvalue weighted by molar-refractivity contribution is 5.71. The van der Waals surface area contributed by atoms with Crippen LogP contribution in [0.25, 0.3) is 0 Å². The van der Waals surface area contributed by atoms with Crippen LogP contribution in [-0.4, -0.2) is 37.2 Å². The maximum atomic E-state index is 12.9. The first kappa shape index (κ1) is 70.0. The highest BCUT2D eigenvalue weighted by atomic mass is 16.6. The summed E-state index contributed by atoms with van der Waals surface area (Å²) in [5, 5.41) is 0. The molecule has 6 nitrogen and oxygen atoms in total. The third-order valence-corrected chi connectivity index (χ3v) is 12.0. The Morgan fingerprint density at radius 3 is 0.893 bits per heavy atom. The van der Waals surface area contributed by atoms with Crippen molar-refractivity contribution in [1.82, 2.24) is 0 Å². The number of carbonyl (C=O) groups excluding carboxylic acids is 3. The summed E-state index contributed by atoms with van der Waals surface area (Å²) in [4.78, 5) is 38.2. The van der Waals surface area contributed by atoms with Gasteiger partial charge in [0.05, 0.1) is 0 Å². The first-order chi connectivity index (χ1) is 37.0. The average molecular weight is 1030 g/mol. The van der Waals surface area contributed by atoms with Gasteiger partial charge in [0, 0.05) is 19.3 Å². The summed E-state index contributed by atoms with van der Waals surface area (Å²) in [5.74, 6) is -1.12. The Hall–Kier alpha value is -4.97. The second-order valence-electron chi connectivity index (χ2n) is 19.2. The Bertz CT molecular complexity index is 1710. The molecule has 0 fully saturated rings. The van der Waals surface area contributed by atoms with Gasteiger partial charge in [-0.05, 0) is 128 Å². The van der Waals surface area contributed by atoms with Crippen LogP contribution in [0.1, 0.15) is 239 Å². The zero-order valence-corrected chi connectivity index (χ0v) is 48.0. The highest BCUT2D eigenvalue weighted by Crippen LogP contribution is 2.13. The van der Waals surface area contributed by atoms with Crippen molar-refractivity contribution in [2.45, 2.75) is 245 Å². The average Bonchev–Trinajstić information content (AvgIpc) is 3.41. The molecular weight excluding hydrogens is 925 g/mol. The number of ether oxygens (including phenoxy) is 3. The molecule has 0 heterocycles. The van der Waals surface area contributed by atoms with E-state index in [0.717, 1.165) is 89.9 Å². The molecule has 0 aromatic carbocycles. The topological polar surface area (TPSA) is 78.9 Å². The van der Waals surface area contributed by atoms with Gasteiger partial charge in [0.15, 0.2) is 6.10 Å². The number of rotatable bonds is 52. The van der Waals surface area contributed by atoms with E-state index in [9.17, 15) is 14.4 Å². The fourth-order valence-corrected chi connectivity index (χ4v) is 7.54. The van der Waals surface area contributed by atoms with Gasteiger partial charge >= 0.3 is 17.9 Å². The van der Waals surface area contributed by atoms with Gasteiger partial charge in [-0.2, -0.15) is 0 Å². The van der Waals surface area contributed by atoms with E-state index in [2.05, 4.69) is 154 Å². The van der Waals surface area contributed by atoms with Crippen LogP contribution < -0.4 is 0 Å². The number of hydrogen-bond donors (Lipinski definition) is 0. The van der Waals surface area contributed by atoms with Crippen molar-refractivity contribution in [3.63, 3.8) is 0 Å². The van der Waals surface area contributed by atoms with Crippen LogP contribution in [0.4, 0.5) is 0 Å². The summed E-state index contributed by atoms with van der Waals surface area (Å²) in [6, 6.07) is 0. The largest absolute Gasteiger partial charge is 0.462 e. The Kier molecular flexibility index (Phi) is 57.5. The van der Waals surface area contributed by atoms with E-state index in [0.29, 0.717) is 19.3 Å². The summed E-state index contributed by atoms with van der Waals surface area (Å²) < 4.78 is 16.7. The number of carbonyl (C=O) groups is 3. The Morgan fingerprint density at radius 2 is 0.547 bits per heavy atom. The Labute approximate surface area is 460 Å². The van der Waals surface area contributed by atoms with Crippen molar-refractivity contribution in [2.24, 2.45) is 0 Å². The van der Waals surface area contributed by atoms with Crippen molar-refractivity contribution < 1.29 is 28.6 Å². The molecule has 75 heavy (non-hydrogen) atoms. The van der Waals surface area contributed by atoms with Gasteiger partial charge in [-0.3, -0.25) is 14.4 Å². The molecule has 0 aromatic heterocycles. The first-order valence-electron chi connectivity index (χ1n) is 30.0. The van der Waals surface area contributed by atoms with Gasteiger partial charge < -0.3 is 14.2 Å². The molecule has 0 unspecified atom stereocenters. The monoisotopic (exact) mass is 1030 g/mol. The molecule has 0 aliphatic heterocycles. The molecule has 6 heteroatoms. The fourth-order valence-electron chi connectivity index (χ4n) is 7.54. The number of unbranched alkanes of at least 4 members (excludes halogenated alkanes) is 15. The normalized spacial score (nSPS) is 13.3. The number of hydrogen-bond acceptors (Lipinski definition) is 6. The second-order valence-corrected chi connectivity index (χ2v) is 19.2. The van der Waals surface area contributed by atoms with Crippen LogP contribution in [0.2, 0.25) is 0 Å². The van der Waals surface area contributed by atoms with Gasteiger partial charge in [0.25, 0.3) is 0 Å². The molecule has 0 rings (SSSR count). The zero-order chi connectivity index (χ0) is 54.3. The molecule has 0 spiro atoms. The van der Waals surface area contributed by atoms with Crippen LogP contribution in [0.3, 0.4) is 0 Å². The van der Waals surface area contributed by atoms with Crippen LogP contribution in [-0.2, 0) is 28.6 Å². The van der Waals surface area contributed by atoms with E-state index in [4.69, 9.17) is 14.2 Å². The SMILES string of the molecule is CC/C=C\C/C=C\C/C=C\C/C=C\C/C=C\C/C=C\CCC(=O)OC[C@H](COC(=O)CCCCCCCCCCC/C=C\C/C=C\CCCCC)OC(=O)CC/C=C\C/C=C\C/C=C\C/C=C\C/C=C\CCCCC.